The molecule has 0 aromatic heterocycles. The van der Waals surface area contributed by atoms with Crippen molar-refractivity contribution in [1.82, 2.24) is 16.2 Å². The zero-order valence-electron chi connectivity index (χ0n) is 16.6. The van der Waals surface area contributed by atoms with Crippen LogP contribution in [0.2, 0.25) is 0 Å². The first-order valence-corrected chi connectivity index (χ1v) is 9.56. The molecule has 158 valence electrons. The van der Waals surface area contributed by atoms with Gasteiger partial charge in [-0.25, -0.2) is 0 Å². The highest BCUT2D eigenvalue weighted by molar-refractivity contribution is 5.95. The lowest BCUT2D eigenvalue weighted by Crippen LogP contribution is -2.44. The van der Waals surface area contributed by atoms with Crippen LogP contribution in [0.1, 0.15) is 15.9 Å². The first-order valence-electron chi connectivity index (χ1n) is 9.56. The van der Waals surface area contributed by atoms with Gasteiger partial charge in [0.15, 0.2) is 6.61 Å². The second-order valence-electron chi connectivity index (χ2n) is 6.62. The van der Waals surface area contributed by atoms with Crippen LogP contribution in [0.25, 0.3) is 10.8 Å². The molecular weight excluding hydrogens is 398 g/mol. The molecule has 31 heavy (non-hydrogen) atoms. The van der Waals surface area contributed by atoms with E-state index in [0.717, 1.165) is 16.3 Å². The maximum Gasteiger partial charge on any atom is 0.325 e. The van der Waals surface area contributed by atoms with E-state index in [0.29, 0.717) is 5.56 Å². The van der Waals surface area contributed by atoms with Crippen molar-refractivity contribution in [1.29, 1.82) is 0 Å². The van der Waals surface area contributed by atoms with Crippen LogP contribution in [0.4, 0.5) is 0 Å². The molecule has 0 aliphatic heterocycles. The van der Waals surface area contributed by atoms with Gasteiger partial charge in [-0.05, 0) is 28.5 Å². The normalized spacial score (nSPS) is 10.2. The predicted molar refractivity (Wildman–Crippen MR) is 114 cm³/mol. The quantitative estimate of drug-likeness (QED) is 0.397. The van der Waals surface area contributed by atoms with Gasteiger partial charge in [-0.15, -0.1) is 0 Å². The lowest BCUT2D eigenvalue weighted by molar-refractivity contribution is -0.148. The summed E-state index contributed by atoms with van der Waals surface area (Å²) in [4.78, 5) is 47.4. The zero-order chi connectivity index (χ0) is 22.1. The minimum atomic E-state index is -0.768. The van der Waals surface area contributed by atoms with Gasteiger partial charge in [0.2, 0.25) is 5.91 Å². The minimum Gasteiger partial charge on any atom is -0.454 e. The van der Waals surface area contributed by atoms with E-state index in [4.69, 9.17) is 4.74 Å². The van der Waals surface area contributed by atoms with Crippen molar-refractivity contribution >= 4 is 34.5 Å². The molecule has 8 nitrogen and oxygen atoms in total. The molecule has 0 bridgehead atoms. The van der Waals surface area contributed by atoms with E-state index in [1.165, 1.54) is 0 Å². The number of carbonyl (C=O) groups excluding carboxylic acids is 4. The number of nitrogens with one attached hydrogen (secondary N) is 3. The van der Waals surface area contributed by atoms with Crippen LogP contribution >= 0.6 is 0 Å². The van der Waals surface area contributed by atoms with Crippen molar-refractivity contribution in [3.63, 3.8) is 0 Å². The molecule has 3 aromatic rings. The van der Waals surface area contributed by atoms with Crippen LogP contribution in [0, 0.1) is 0 Å². The van der Waals surface area contributed by atoms with Crippen LogP contribution < -0.4 is 16.2 Å². The van der Waals surface area contributed by atoms with E-state index in [9.17, 15) is 19.2 Å². The summed E-state index contributed by atoms with van der Waals surface area (Å²) in [5.41, 5.74) is 5.58. The Balaban J connectivity index is 1.37. The Bertz CT molecular complexity index is 1090. The van der Waals surface area contributed by atoms with E-state index >= 15 is 0 Å². The van der Waals surface area contributed by atoms with Crippen molar-refractivity contribution in [2.24, 2.45) is 0 Å². The minimum absolute atomic E-state index is 0.112. The summed E-state index contributed by atoms with van der Waals surface area (Å²) in [5.74, 6) is -2.32. The molecule has 3 rings (SSSR count). The molecule has 0 radical (unpaired) electrons. The molecule has 0 heterocycles. The SMILES string of the molecule is O=C(Cc1cccc2ccccc12)NCC(=O)OCC(=O)NNC(=O)c1ccccc1. The van der Waals surface area contributed by atoms with Gasteiger partial charge in [0.05, 0.1) is 6.42 Å². The lowest BCUT2D eigenvalue weighted by Gasteiger charge is -2.09. The van der Waals surface area contributed by atoms with Gasteiger partial charge in [-0.2, -0.15) is 0 Å². The number of esters is 1. The fourth-order valence-corrected chi connectivity index (χ4v) is 2.87. The van der Waals surface area contributed by atoms with Crippen molar-refractivity contribution < 1.29 is 23.9 Å². The largest absolute Gasteiger partial charge is 0.454 e. The third kappa shape index (κ3) is 6.40. The van der Waals surface area contributed by atoms with Crippen LogP contribution in [-0.2, 0) is 25.5 Å². The van der Waals surface area contributed by atoms with Crippen LogP contribution in [-0.4, -0.2) is 36.8 Å². The van der Waals surface area contributed by atoms with Crippen LogP contribution in [0.15, 0.2) is 72.8 Å². The maximum atomic E-state index is 12.2. The van der Waals surface area contributed by atoms with E-state index in [1.807, 2.05) is 42.5 Å². The molecular formula is C23H21N3O5. The highest BCUT2D eigenvalue weighted by Crippen LogP contribution is 2.18. The van der Waals surface area contributed by atoms with Crippen molar-refractivity contribution in [2.75, 3.05) is 13.2 Å². The average molecular weight is 419 g/mol. The summed E-state index contributed by atoms with van der Waals surface area (Å²) in [6.45, 7) is -0.958. The van der Waals surface area contributed by atoms with E-state index < -0.39 is 24.4 Å². The molecule has 0 spiro atoms. The molecule has 0 fully saturated rings. The molecule has 0 saturated heterocycles. The zero-order valence-corrected chi connectivity index (χ0v) is 16.6. The van der Waals surface area contributed by atoms with E-state index in [1.54, 1.807) is 30.3 Å². The lowest BCUT2D eigenvalue weighted by atomic mass is 10.0. The van der Waals surface area contributed by atoms with Crippen LogP contribution in [0.5, 0.6) is 0 Å². The van der Waals surface area contributed by atoms with Gasteiger partial charge in [0.25, 0.3) is 11.8 Å². The van der Waals surface area contributed by atoms with Gasteiger partial charge >= 0.3 is 5.97 Å². The second-order valence-corrected chi connectivity index (χ2v) is 6.62. The second kappa shape index (κ2) is 10.5. The molecule has 3 N–H and O–H groups in total. The number of carbonyl (C=O) groups is 4. The number of amides is 3. The van der Waals surface area contributed by atoms with Crippen molar-refractivity contribution in [2.45, 2.75) is 6.42 Å². The number of benzene rings is 3. The van der Waals surface area contributed by atoms with E-state index in [-0.39, 0.29) is 18.9 Å². The summed E-state index contributed by atoms with van der Waals surface area (Å²) >= 11 is 0. The topological polar surface area (TPSA) is 114 Å². The van der Waals surface area contributed by atoms with Crippen molar-refractivity contribution in [3.8, 4) is 0 Å². The molecule has 0 aliphatic carbocycles. The maximum absolute atomic E-state index is 12.2. The summed E-state index contributed by atoms with van der Waals surface area (Å²) < 4.78 is 4.80. The Labute approximate surface area is 178 Å². The van der Waals surface area contributed by atoms with Gasteiger partial charge < -0.3 is 10.1 Å². The van der Waals surface area contributed by atoms with Gasteiger partial charge in [-0.3, -0.25) is 30.0 Å². The summed E-state index contributed by atoms with van der Waals surface area (Å²) in [5, 5.41) is 4.47. The molecule has 0 aliphatic rings. The predicted octanol–water partition coefficient (Wildman–Crippen LogP) is 1.50. The van der Waals surface area contributed by atoms with E-state index in [2.05, 4.69) is 16.2 Å². The van der Waals surface area contributed by atoms with Crippen LogP contribution in [0.3, 0.4) is 0 Å². The number of ether oxygens (including phenoxy) is 1. The fourth-order valence-electron chi connectivity index (χ4n) is 2.87. The Morgan fingerprint density at radius 1 is 0.742 bits per heavy atom. The molecule has 3 aromatic carbocycles. The highest BCUT2D eigenvalue weighted by Gasteiger charge is 2.12. The summed E-state index contributed by atoms with van der Waals surface area (Å²) in [6, 6.07) is 21.7. The molecule has 0 unspecified atom stereocenters. The third-order valence-electron chi connectivity index (χ3n) is 4.38. The summed E-state index contributed by atoms with van der Waals surface area (Å²) in [6.07, 6.45) is 0.112. The third-order valence-corrected chi connectivity index (χ3v) is 4.38. The average Bonchev–Trinajstić information content (AvgIpc) is 2.80. The molecule has 0 saturated carbocycles. The number of rotatable bonds is 7. The molecule has 3 amide bonds. The number of hydrogen-bond donors (Lipinski definition) is 3. The Morgan fingerprint density at radius 3 is 2.26 bits per heavy atom. The van der Waals surface area contributed by atoms with Gasteiger partial charge in [0.1, 0.15) is 6.54 Å². The smallest absolute Gasteiger partial charge is 0.325 e. The first kappa shape index (κ1) is 21.5. The number of hydrogen-bond acceptors (Lipinski definition) is 5. The number of hydrazine groups is 1. The fraction of sp³-hybridized carbons (Fsp3) is 0.130. The van der Waals surface area contributed by atoms with Gasteiger partial charge in [0, 0.05) is 5.56 Å². The van der Waals surface area contributed by atoms with Gasteiger partial charge in [-0.1, -0.05) is 60.7 Å². The standard InChI is InChI=1S/C23H21N3O5/c27-20(13-18-11-6-10-16-7-4-5-12-19(16)18)24-14-22(29)31-15-21(28)25-26-23(30)17-8-2-1-3-9-17/h1-12H,13-15H2,(H,24,27)(H,25,28)(H,26,30). The summed E-state index contributed by atoms with van der Waals surface area (Å²) in [7, 11) is 0. The monoisotopic (exact) mass is 419 g/mol. The first-order chi connectivity index (χ1) is 15.0. The molecule has 0 atom stereocenters. The Kier molecular flexibility index (Phi) is 7.31. The Hall–Kier alpha value is -4.20. The highest BCUT2D eigenvalue weighted by atomic mass is 16.5. The Morgan fingerprint density at radius 2 is 1.45 bits per heavy atom. The molecule has 8 heteroatoms. The van der Waals surface area contributed by atoms with Crippen molar-refractivity contribution in [3.05, 3.63) is 83.9 Å². The number of fused-ring (bicyclic) bond motifs is 1.